The molecule has 3 aliphatic heterocycles. The van der Waals surface area contributed by atoms with Crippen LogP contribution in [0.15, 0.2) is 36.0 Å². The van der Waals surface area contributed by atoms with Gasteiger partial charge in [-0.3, -0.25) is 9.69 Å². The van der Waals surface area contributed by atoms with Gasteiger partial charge in [0.1, 0.15) is 4.87 Å². The number of carboxylic acid groups (broad SMARTS) is 2. The van der Waals surface area contributed by atoms with E-state index in [0.717, 1.165) is 0 Å². The maximum atomic E-state index is 12.7. The van der Waals surface area contributed by atoms with E-state index in [1.165, 1.54) is 41.8 Å². The van der Waals surface area contributed by atoms with Gasteiger partial charge in [0.2, 0.25) is 5.91 Å². The molecule has 1 aromatic rings. The fourth-order valence-corrected chi connectivity index (χ4v) is 6.97. The number of aliphatic hydroxyl groups is 1. The maximum absolute atomic E-state index is 12.7. The Morgan fingerprint density at radius 2 is 2.03 bits per heavy atom. The van der Waals surface area contributed by atoms with Crippen LogP contribution in [-0.4, -0.2) is 73.2 Å². The summed E-state index contributed by atoms with van der Waals surface area (Å²) in [6, 6.07) is 5.58. The molecule has 4 rings (SSSR count). The van der Waals surface area contributed by atoms with Gasteiger partial charge in [0.15, 0.2) is 0 Å². The normalized spacial score (nSPS) is 28.4. The number of carbonyl (C=O) groups excluding carboxylic acids is 3. The van der Waals surface area contributed by atoms with Crippen molar-refractivity contribution >= 4 is 41.3 Å². The van der Waals surface area contributed by atoms with Crippen LogP contribution >= 0.6 is 11.8 Å². The Kier molecular flexibility index (Phi) is 7.73. The molecule has 176 valence electrons. The smallest absolute Gasteiger partial charge is 0.543 e. The summed E-state index contributed by atoms with van der Waals surface area (Å²) in [4.78, 5) is 50.0. The first-order valence-electron chi connectivity index (χ1n) is 10.6. The molecule has 3 heterocycles. The summed E-state index contributed by atoms with van der Waals surface area (Å²) in [5, 5.41) is 33.6. The van der Waals surface area contributed by atoms with Crippen LogP contribution in [0.4, 0.5) is 10.5 Å². The number of amides is 3. The van der Waals surface area contributed by atoms with Gasteiger partial charge in [0.25, 0.3) is 0 Å². The van der Waals surface area contributed by atoms with Gasteiger partial charge in [-0.15, -0.1) is 11.8 Å². The van der Waals surface area contributed by atoms with Crippen molar-refractivity contribution in [1.29, 1.82) is 0 Å². The molecule has 3 N–H and O–H groups in total. The van der Waals surface area contributed by atoms with Crippen LogP contribution in [0.5, 0.6) is 0 Å². The van der Waals surface area contributed by atoms with E-state index in [9.17, 15) is 29.4 Å². The van der Waals surface area contributed by atoms with E-state index in [4.69, 9.17) is 5.11 Å². The number of likely N-dealkylation sites (tertiary alicyclic amines) is 1. The third-order valence-corrected chi connectivity index (χ3v) is 8.33. The fourth-order valence-electron chi connectivity index (χ4n) is 4.94. The minimum absolute atomic E-state index is 0. The number of aliphatic hydroxyl groups excluding tert-OH is 1. The van der Waals surface area contributed by atoms with Gasteiger partial charge in [0, 0.05) is 29.9 Å². The average molecular weight is 498 g/mol. The number of fused-ring (bicyclic) bond motifs is 1. The summed E-state index contributed by atoms with van der Waals surface area (Å²) in [6.07, 6.45) is 1.16. The van der Waals surface area contributed by atoms with Crippen LogP contribution in [0.2, 0.25) is 0 Å². The van der Waals surface area contributed by atoms with Crippen LogP contribution in [0.3, 0.4) is 0 Å². The molecule has 0 saturated carbocycles. The number of carbonyl (C=O) groups is 4. The number of thioether (sulfide) groups is 1. The van der Waals surface area contributed by atoms with Crippen molar-refractivity contribution in [2.75, 3.05) is 18.4 Å². The molecule has 2 fully saturated rings. The zero-order chi connectivity index (χ0) is 24.1. The number of aliphatic carboxylic acids is 1. The third-order valence-electron chi connectivity index (χ3n) is 6.42. The summed E-state index contributed by atoms with van der Waals surface area (Å²) in [5.74, 6) is -4.05. The number of benzene rings is 1. The second kappa shape index (κ2) is 9.90. The Morgan fingerprint density at radius 3 is 2.65 bits per heavy atom. The molecule has 0 spiro atoms. The topological polar surface area (TPSA) is 150 Å². The molecule has 3 amide bonds. The summed E-state index contributed by atoms with van der Waals surface area (Å²) in [5.41, 5.74) is 0.252. The Bertz CT molecular complexity index is 1060. The van der Waals surface area contributed by atoms with Crippen molar-refractivity contribution in [2.45, 2.75) is 36.5 Å². The minimum Gasteiger partial charge on any atom is -0.543 e. The van der Waals surface area contributed by atoms with Gasteiger partial charge in [-0.2, -0.15) is 0 Å². The van der Waals surface area contributed by atoms with Crippen LogP contribution in [0.25, 0.3) is 0 Å². The number of carboxylic acids is 2. The number of rotatable bonds is 6. The Balaban J connectivity index is 0.00000324. The number of aromatic carboxylic acids is 1. The number of hydrogen-bond acceptors (Lipinski definition) is 7. The van der Waals surface area contributed by atoms with Gasteiger partial charge >= 0.3 is 41.6 Å². The molecule has 3 unspecified atom stereocenters. The van der Waals surface area contributed by atoms with Gasteiger partial charge in [-0.05, 0) is 31.5 Å². The molecule has 10 nitrogen and oxygen atoms in total. The molecule has 3 aliphatic rings. The molecule has 0 aliphatic carbocycles. The molecule has 12 heteroatoms. The van der Waals surface area contributed by atoms with Crippen LogP contribution in [0.1, 0.15) is 30.6 Å². The van der Waals surface area contributed by atoms with Crippen molar-refractivity contribution in [2.24, 2.45) is 11.8 Å². The number of hydrogen-bond donors (Lipinski definition) is 3. The molecule has 0 aromatic heterocycles. The first kappa shape index (κ1) is 26.6. The van der Waals surface area contributed by atoms with Crippen LogP contribution in [0, 0.1) is 11.8 Å². The molecule has 1 aromatic carbocycles. The van der Waals surface area contributed by atoms with Gasteiger partial charge in [-0.1, -0.05) is 19.1 Å². The number of β-lactam (4-membered cyclic amide) rings is 1. The van der Waals surface area contributed by atoms with Crippen molar-refractivity contribution in [3.05, 3.63) is 41.6 Å². The van der Waals surface area contributed by atoms with Gasteiger partial charge < -0.3 is 30.3 Å². The van der Waals surface area contributed by atoms with Crippen LogP contribution < -0.4 is 40.0 Å². The van der Waals surface area contributed by atoms with Crippen molar-refractivity contribution in [3.63, 3.8) is 0 Å². The average Bonchev–Trinajstić information content (AvgIpc) is 3.29. The Morgan fingerprint density at radius 1 is 1.32 bits per heavy atom. The molecule has 2 saturated heterocycles. The standard InChI is InChI=1S/C22H25N3O7S.Na/c1-11-8-16(20(30)31)25-18(27)17(12(2)26)22(11,25)33-15-6-7-24(10-15)21(32)23-14-5-3-4-13(9-14)19(28)29;/h3-5,8-9,11-12,15,17,26H,6-7,10H2,1-2H3,(H,23,32)(H,28,29)(H,30,31);/q;+1/p-1/t11?,12?,15-,17?,22-;/m0./s1. The van der Waals surface area contributed by atoms with E-state index in [1.807, 2.05) is 6.92 Å². The molecular formula is C22H24N3NaO7S. The van der Waals surface area contributed by atoms with E-state index < -0.39 is 34.7 Å². The number of nitrogens with zero attached hydrogens (tertiary/aromatic N) is 2. The van der Waals surface area contributed by atoms with Crippen molar-refractivity contribution in [3.8, 4) is 0 Å². The Labute approximate surface area is 222 Å². The van der Waals surface area contributed by atoms with E-state index in [1.54, 1.807) is 17.0 Å². The molecular weight excluding hydrogens is 473 g/mol. The zero-order valence-electron chi connectivity index (χ0n) is 19.1. The van der Waals surface area contributed by atoms with E-state index in [2.05, 4.69) is 5.32 Å². The first-order valence-corrected chi connectivity index (χ1v) is 11.5. The monoisotopic (exact) mass is 497 g/mol. The largest absolute Gasteiger partial charge is 1.00 e. The van der Waals surface area contributed by atoms with E-state index >= 15 is 0 Å². The third kappa shape index (κ3) is 4.35. The SMILES string of the molecule is CC(O)C1C(=O)N2C(C(=O)[O-])=CC(C)[C@]12S[C@H]1CCN(C(=O)Nc2cccc(C(=O)O)c2)C1.[Na+]. The predicted octanol–water partition coefficient (Wildman–Crippen LogP) is -2.45. The summed E-state index contributed by atoms with van der Waals surface area (Å²) in [6.45, 7) is 4.14. The van der Waals surface area contributed by atoms with Crippen molar-refractivity contribution < 1.29 is 64.1 Å². The second-order valence-electron chi connectivity index (χ2n) is 8.56. The predicted molar refractivity (Wildman–Crippen MR) is 117 cm³/mol. The minimum atomic E-state index is -1.43. The fraction of sp³-hybridized carbons (Fsp3) is 0.455. The molecule has 0 bridgehead atoms. The van der Waals surface area contributed by atoms with E-state index in [0.29, 0.717) is 25.2 Å². The number of urea groups is 1. The number of nitrogens with one attached hydrogen (secondary N) is 1. The zero-order valence-corrected chi connectivity index (χ0v) is 21.9. The van der Waals surface area contributed by atoms with Gasteiger partial charge in [-0.25, -0.2) is 9.59 Å². The molecule has 0 radical (unpaired) electrons. The molecule has 5 atom stereocenters. The van der Waals surface area contributed by atoms with Crippen LogP contribution in [-0.2, 0) is 9.59 Å². The summed E-state index contributed by atoms with van der Waals surface area (Å²) >= 11 is 1.42. The van der Waals surface area contributed by atoms with E-state index in [-0.39, 0.29) is 58.0 Å². The quantitative estimate of drug-likeness (QED) is 0.290. The summed E-state index contributed by atoms with van der Waals surface area (Å²) < 4.78 is 0. The summed E-state index contributed by atoms with van der Waals surface area (Å²) in [7, 11) is 0. The first-order chi connectivity index (χ1) is 15.6. The number of anilines is 1. The Hall–Kier alpha value is -2.05. The molecule has 34 heavy (non-hydrogen) atoms. The van der Waals surface area contributed by atoms with Gasteiger partial charge in [0.05, 0.1) is 29.3 Å². The van der Waals surface area contributed by atoms with Crippen molar-refractivity contribution in [1.82, 2.24) is 9.80 Å². The maximum Gasteiger partial charge on any atom is 1.00 e. The second-order valence-corrected chi connectivity index (χ2v) is 10.1.